The fourth-order valence-electron chi connectivity index (χ4n) is 1.39. The molecule has 1 rings (SSSR count). The van der Waals surface area contributed by atoms with E-state index in [0.717, 1.165) is 19.3 Å². The Morgan fingerprint density at radius 3 is 2.64 bits per heavy atom. The smallest absolute Gasteiger partial charge is 0.127 e. The van der Waals surface area contributed by atoms with Crippen LogP contribution in [0.25, 0.3) is 0 Å². The lowest BCUT2D eigenvalue weighted by atomic mass is 10.1. The lowest BCUT2D eigenvalue weighted by Gasteiger charge is -2.04. The molecule has 0 aliphatic heterocycles. The summed E-state index contributed by atoms with van der Waals surface area (Å²) in [5.41, 5.74) is 6.00. The van der Waals surface area contributed by atoms with Crippen LogP contribution in [0.1, 0.15) is 24.8 Å². The SMILES string of the molecule is NCCCCCc1c(F)cccc1Cl. The Morgan fingerprint density at radius 2 is 2.00 bits per heavy atom. The van der Waals surface area contributed by atoms with Gasteiger partial charge in [-0.25, -0.2) is 4.39 Å². The lowest BCUT2D eigenvalue weighted by molar-refractivity contribution is 0.596. The molecule has 0 saturated carbocycles. The van der Waals surface area contributed by atoms with Crippen LogP contribution in [0.15, 0.2) is 18.2 Å². The average Bonchev–Trinajstić information content (AvgIpc) is 2.16. The minimum Gasteiger partial charge on any atom is -0.330 e. The molecule has 0 fully saturated rings. The third-order valence-electron chi connectivity index (χ3n) is 2.19. The van der Waals surface area contributed by atoms with Crippen LogP contribution in [0.5, 0.6) is 0 Å². The molecule has 1 aromatic carbocycles. The van der Waals surface area contributed by atoms with E-state index in [1.807, 2.05) is 0 Å². The van der Waals surface area contributed by atoms with E-state index >= 15 is 0 Å². The first-order valence-electron chi connectivity index (χ1n) is 4.88. The highest BCUT2D eigenvalue weighted by atomic mass is 35.5. The second-order valence-electron chi connectivity index (χ2n) is 3.30. The Bertz CT molecular complexity index is 268. The fraction of sp³-hybridized carbons (Fsp3) is 0.455. The van der Waals surface area contributed by atoms with Crippen molar-refractivity contribution >= 4 is 11.6 Å². The van der Waals surface area contributed by atoms with Crippen LogP contribution in [0.2, 0.25) is 5.02 Å². The molecular weight excluding hydrogens is 201 g/mol. The maximum absolute atomic E-state index is 13.3. The van der Waals surface area contributed by atoms with Crippen LogP contribution in [0.3, 0.4) is 0 Å². The molecule has 0 bridgehead atoms. The van der Waals surface area contributed by atoms with Crippen molar-refractivity contribution in [3.63, 3.8) is 0 Å². The number of benzene rings is 1. The topological polar surface area (TPSA) is 26.0 Å². The van der Waals surface area contributed by atoms with Crippen molar-refractivity contribution in [3.8, 4) is 0 Å². The Kier molecular flexibility index (Phi) is 4.91. The van der Waals surface area contributed by atoms with Gasteiger partial charge in [-0.15, -0.1) is 0 Å². The van der Waals surface area contributed by atoms with Crippen LogP contribution < -0.4 is 5.73 Å². The van der Waals surface area contributed by atoms with Crippen molar-refractivity contribution in [2.24, 2.45) is 5.73 Å². The summed E-state index contributed by atoms with van der Waals surface area (Å²) < 4.78 is 13.3. The molecule has 1 aromatic rings. The number of hydrogen-bond donors (Lipinski definition) is 1. The number of rotatable bonds is 5. The second-order valence-corrected chi connectivity index (χ2v) is 3.71. The van der Waals surface area contributed by atoms with Gasteiger partial charge in [-0.05, 0) is 37.9 Å². The van der Waals surface area contributed by atoms with Crippen molar-refractivity contribution in [1.29, 1.82) is 0 Å². The van der Waals surface area contributed by atoms with Crippen molar-refractivity contribution < 1.29 is 4.39 Å². The molecule has 0 amide bonds. The van der Waals surface area contributed by atoms with E-state index in [9.17, 15) is 4.39 Å². The highest BCUT2D eigenvalue weighted by Gasteiger charge is 2.05. The van der Waals surface area contributed by atoms with Gasteiger partial charge in [-0.1, -0.05) is 24.1 Å². The first-order valence-corrected chi connectivity index (χ1v) is 5.26. The second kappa shape index (κ2) is 5.99. The van der Waals surface area contributed by atoms with E-state index in [1.54, 1.807) is 12.1 Å². The van der Waals surface area contributed by atoms with E-state index in [0.29, 0.717) is 23.6 Å². The zero-order valence-electron chi connectivity index (χ0n) is 8.10. The third-order valence-corrected chi connectivity index (χ3v) is 2.55. The first kappa shape index (κ1) is 11.5. The number of hydrogen-bond acceptors (Lipinski definition) is 1. The molecule has 14 heavy (non-hydrogen) atoms. The monoisotopic (exact) mass is 215 g/mol. The van der Waals surface area contributed by atoms with Gasteiger partial charge in [0.15, 0.2) is 0 Å². The summed E-state index contributed by atoms with van der Waals surface area (Å²) in [6.07, 6.45) is 3.66. The Hall–Kier alpha value is -0.600. The van der Waals surface area contributed by atoms with E-state index < -0.39 is 0 Å². The molecule has 78 valence electrons. The number of unbranched alkanes of at least 4 members (excludes halogenated alkanes) is 2. The summed E-state index contributed by atoms with van der Waals surface area (Å²) in [5.74, 6) is -0.203. The van der Waals surface area contributed by atoms with E-state index in [-0.39, 0.29) is 5.82 Å². The predicted molar refractivity (Wildman–Crippen MR) is 58.0 cm³/mol. The molecule has 0 spiro atoms. The van der Waals surface area contributed by atoms with Gasteiger partial charge in [-0.2, -0.15) is 0 Å². The summed E-state index contributed by atoms with van der Waals surface area (Å²) in [6.45, 7) is 0.699. The van der Waals surface area contributed by atoms with Crippen LogP contribution in [-0.2, 0) is 6.42 Å². The highest BCUT2D eigenvalue weighted by molar-refractivity contribution is 6.31. The maximum atomic E-state index is 13.3. The molecule has 0 saturated heterocycles. The number of nitrogens with two attached hydrogens (primary N) is 1. The fourth-order valence-corrected chi connectivity index (χ4v) is 1.65. The Morgan fingerprint density at radius 1 is 1.21 bits per heavy atom. The van der Waals surface area contributed by atoms with Gasteiger partial charge in [-0.3, -0.25) is 0 Å². The van der Waals surface area contributed by atoms with Crippen LogP contribution in [-0.4, -0.2) is 6.54 Å². The molecule has 3 heteroatoms. The van der Waals surface area contributed by atoms with Crippen molar-refractivity contribution in [2.75, 3.05) is 6.54 Å². The summed E-state index contributed by atoms with van der Waals surface area (Å²) in [5, 5.41) is 0.526. The van der Waals surface area contributed by atoms with Gasteiger partial charge >= 0.3 is 0 Å². The minimum absolute atomic E-state index is 0.203. The molecule has 1 nitrogen and oxygen atoms in total. The molecule has 0 atom stereocenters. The molecule has 0 aromatic heterocycles. The van der Waals surface area contributed by atoms with Gasteiger partial charge in [0.25, 0.3) is 0 Å². The predicted octanol–water partition coefficient (Wildman–Crippen LogP) is 3.15. The molecular formula is C11H15ClFN. The van der Waals surface area contributed by atoms with Gasteiger partial charge < -0.3 is 5.73 Å². The lowest BCUT2D eigenvalue weighted by Crippen LogP contribution is -1.99. The molecule has 2 N–H and O–H groups in total. The van der Waals surface area contributed by atoms with Gasteiger partial charge in [0.2, 0.25) is 0 Å². The van der Waals surface area contributed by atoms with Crippen LogP contribution >= 0.6 is 11.6 Å². The summed E-state index contributed by atoms with van der Waals surface area (Å²) in [7, 11) is 0. The van der Waals surface area contributed by atoms with Crippen molar-refractivity contribution in [3.05, 3.63) is 34.6 Å². The Labute approximate surface area is 89.1 Å². The first-order chi connectivity index (χ1) is 6.75. The normalized spacial score (nSPS) is 10.5. The van der Waals surface area contributed by atoms with Gasteiger partial charge in [0, 0.05) is 10.6 Å². The summed E-state index contributed by atoms with van der Waals surface area (Å²) in [6, 6.07) is 4.80. The minimum atomic E-state index is -0.203. The molecule has 0 aliphatic rings. The van der Waals surface area contributed by atoms with Gasteiger partial charge in [0.1, 0.15) is 5.82 Å². The van der Waals surface area contributed by atoms with Crippen LogP contribution in [0.4, 0.5) is 4.39 Å². The molecule has 0 unspecified atom stereocenters. The summed E-state index contributed by atoms with van der Waals surface area (Å²) >= 11 is 5.88. The maximum Gasteiger partial charge on any atom is 0.127 e. The zero-order chi connectivity index (χ0) is 10.4. The van der Waals surface area contributed by atoms with E-state index in [4.69, 9.17) is 17.3 Å². The van der Waals surface area contributed by atoms with E-state index in [1.165, 1.54) is 6.07 Å². The van der Waals surface area contributed by atoms with Crippen LogP contribution in [0, 0.1) is 5.82 Å². The van der Waals surface area contributed by atoms with E-state index in [2.05, 4.69) is 0 Å². The molecule has 0 radical (unpaired) electrons. The number of halogens is 2. The standard InChI is InChI=1S/C11H15ClFN/c12-10-6-4-7-11(13)9(10)5-2-1-3-8-14/h4,6-7H,1-3,5,8,14H2. The summed E-state index contributed by atoms with van der Waals surface area (Å²) in [4.78, 5) is 0. The zero-order valence-corrected chi connectivity index (χ0v) is 8.86. The van der Waals surface area contributed by atoms with Gasteiger partial charge in [0.05, 0.1) is 0 Å². The van der Waals surface area contributed by atoms with Crippen molar-refractivity contribution in [2.45, 2.75) is 25.7 Å². The Balaban J connectivity index is 2.49. The molecule has 0 aliphatic carbocycles. The average molecular weight is 216 g/mol. The quantitative estimate of drug-likeness (QED) is 0.751. The largest absolute Gasteiger partial charge is 0.330 e. The highest BCUT2D eigenvalue weighted by Crippen LogP contribution is 2.20. The third kappa shape index (κ3) is 3.28. The van der Waals surface area contributed by atoms with Crippen molar-refractivity contribution in [1.82, 2.24) is 0 Å². The molecule has 0 heterocycles.